The van der Waals surface area contributed by atoms with Gasteiger partial charge in [0.05, 0.1) is 17.0 Å². The van der Waals surface area contributed by atoms with Gasteiger partial charge in [-0.05, 0) is 19.5 Å². The summed E-state index contributed by atoms with van der Waals surface area (Å²) >= 11 is 1.85. The van der Waals surface area contributed by atoms with Crippen LogP contribution in [0.5, 0.6) is 0 Å². The summed E-state index contributed by atoms with van der Waals surface area (Å²) in [5.41, 5.74) is 2.36. The number of furan rings is 1. The molecule has 0 radical (unpaired) electrons. The van der Waals surface area contributed by atoms with Crippen molar-refractivity contribution >= 4 is 11.3 Å². The largest absolute Gasteiger partial charge is 0.469 e. The molecule has 16 heavy (non-hydrogen) atoms. The number of fused-ring (bicyclic) bond motifs is 3. The van der Waals surface area contributed by atoms with Gasteiger partial charge >= 0.3 is 0 Å². The van der Waals surface area contributed by atoms with Crippen LogP contribution < -0.4 is 5.32 Å². The van der Waals surface area contributed by atoms with Crippen molar-refractivity contribution in [2.75, 3.05) is 13.6 Å². The van der Waals surface area contributed by atoms with Crippen LogP contribution in [0.4, 0.5) is 0 Å². The van der Waals surface area contributed by atoms with Crippen LogP contribution in [-0.4, -0.2) is 18.6 Å². The molecule has 2 heterocycles. The Morgan fingerprint density at radius 2 is 2.44 bits per heavy atom. The molecule has 0 spiro atoms. The fourth-order valence-electron chi connectivity index (χ4n) is 2.09. The molecular formula is C12H14N2OS. The standard InChI is InChI=1S/C12H14N2OS/c1-13-6-4-11-14-12-8-5-7-15-9(8)2-3-10(12)16-11/h5,7,13H,2-4,6H2,1H3. The molecular weight excluding hydrogens is 220 g/mol. The minimum Gasteiger partial charge on any atom is -0.469 e. The van der Waals surface area contributed by atoms with Gasteiger partial charge in [0.15, 0.2) is 0 Å². The molecule has 0 amide bonds. The first-order chi connectivity index (χ1) is 7.88. The van der Waals surface area contributed by atoms with E-state index in [9.17, 15) is 0 Å². The predicted octanol–water partition coefficient (Wildman–Crippen LogP) is 2.26. The zero-order chi connectivity index (χ0) is 11.0. The number of likely N-dealkylation sites (N-methyl/N-ethyl adjacent to an activating group) is 1. The minimum absolute atomic E-state index is 0.991. The van der Waals surface area contributed by atoms with E-state index in [-0.39, 0.29) is 0 Å². The second-order valence-corrected chi connectivity index (χ2v) is 5.16. The van der Waals surface area contributed by atoms with Gasteiger partial charge in [0.25, 0.3) is 0 Å². The Bertz CT molecular complexity index is 501. The van der Waals surface area contributed by atoms with E-state index >= 15 is 0 Å². The molecule has 0 atom stereocenters. The van der Waals surface area contributed by atoms with Crippen LogP contribution in [0.3, 0.4) is 0 Å². The maximum Gasteiger partial charge on any atom is 0.113 e. The Hall–Kier alpha value is -1.13. The van der Waals surface area contributed by atoms with E-state index in [0.717, 1.165) is 37.3 Å². The van der Waals surface area contributed by atoms with Crippen LogP contribution in [0.25, 0.3) is 11.3 Å². The van der Waals surface area contributed by atoms with Crippen molar-refractivity contribution in [2.45, 2.75) is 19.3 Å². The lowest BCUT2D eigenvalue weighted by Gasteiger charge is -2.07. The fourth-order valence-corrected chi connectivity index (χ4v) is 3.17. The average Bonchev–Trinajstić information content (AvgIpc) is 2.90. The molecule has 0 saturated carbocycles. The highest BCUT2D eigenvalue weighted by molar-refractivity contribution is 7.12. The topological polar surface area (TPSA) is 38.1 Å². The quantitative estimate of drug-likeness (QED) is 0.885. The molecule has 4 heteroatoms. The van der Waals surface area contributed by atoms with Crippen molar-refractivity contribution in [3.05, 3.63) is 28.0 Å². The normalized spacial score (nSPS) is 13.6. The van der Waals surface area contributed by atoms with Gasteiger partial charge in [0.2, 0.25) is 0 Å². The number of rotatable bonds is 3. The van der Waals surface area contributed by atoms with Gasteiger partial charge in [-0.3, -0.25) is 0 Å². The molecule has 2 aromatic rings. The van der Waals surface area contributed by atoms with Crippen molar-refractivity contribution in [3.8, 4) is 11.3 Å². The Labute approximate surface area is 98.5 Å². The minimum atomic E-state index is 0.991. The summed E-state index contributed by atoms with van der Waals surface area (Å²) in [6.07, 6.45) is 4.88. The number of hydrogen-bond acceptors (Lipinski definition) is 4. The van der Waals surface area contributed by atoms with Gasteiger partial charge in [0, 0.05) is 29.8 Å². The number of aromatic nitrogens is 1. The molecule has 0 fully saturated rings. The maximum absolute atomic E-state index is 5.46. The van der Waals surface area contributed by atoms with Gasteiger partial charge in [-0.2, -0.15) is 0 Å². The van der Waals surface area contributed by atoms with Gasteiger partial charge in [-0.1, -0.05) is 0 Å². The summed E-state index contributed by atoms with van der Waals surface area (Å²) in [7, 11) is 1.97. The van der Waals surface area contributed by atoms with Crippen LogP contribution >= 0.6 is 11.3 Å². The maximum atomic E-state index is 5.46. The van der Waals surface area contributed by atoms with E-state index in [0.29, 0.717) is 0 Å². The first-order valence-corrected chi connectivity index (χ1v) is 6.40. The van der Waals surface area contributed by atoms with E-state index in [1.165, 1.54) is 15.4 Å². The zero-order valence-electron chi connectivity index (χ0n) is 9.25. The van der Waals surface area contributed by atoms with Crippen LogP contribution in [0.1, 0.15) is 15.6 Å². The van der Waals surface area contributed by atoms with E-state index in [4.69, 9.17) is 9.40 Å². The number of aryl methyl sites for hydroxylation is 2. The second-order valence-electron chi connectivity index (χ2n) is 3.99. The highest BCUT2D eigenvalue weighted by Crippen LogP contribution is 2.36. The highest BCUT2D eigenvalue weighted by atomic mass is 32.1. The Morgan fingerprint density at radius 1 is 1.50 bits per heavy atom. The molecule has 0 aromatic carbocycles. The van der Waals surface area contributed by atoms with Gasteiger partial charge < -0.3 is 9.73 Å². The monoisotopic (exact) mass is 234 g/mol. The third-order valence-electron chi connectivity index (χ3n) is 2.91. The molecule has 1 N–H and O–H groups in total. The van der Waals surface area contributed by atoms with E-state index in [2.05, 4.69) is 5.32 Å². The molecule has 0 aliphatic heterocycles. The van der Waals surface area contributed by atoms with E-state index in [1.54, 1.807) is 6.26 Å². The molecule has 1 aliphatic carbocycles. The Morgan fingerprint density at radius 3 is 3.31 bits per heavy atom. The van der Waals surface area contributed by atoms with Gasteiger partial charge in [0.1, 0.15) is 5.76 Å². The molecule has 2 aromatic heterocycles. The number of thiazole rings is 1. The summed E-state index contributed by atoms with van der Waals surface area (Å²) in [5.74, 6) is 1.10. The van der Waals surface area contributed by atoms with Crippen molar-refractivity contribution < 1.29 is 4.42 Å². The average molecular weight is 234 g/mol. The molecule has 1 aliphatic rings. The van der Waals surface area contributed by atoms with Crippen LogP contribution in [0, 0.1) is 0 Å². The Kier molecular flexibility index (Phi) is 2.53. The van der Waals surface area contributed by atoms with Gasteiger partial charge in [-0.25, -0.2) is 4.98 Å². The van der Waals surface area contributed by atoms with Crippen molar-refractivity contribution in [1.29, 1.82) is 0 Å². The molecule has 0 saturated heterocycles. The summed E-state index contributed by atoms with van der Waals surface area (Å²) in [5, 5.41) is 4.39. The number of hydrogen-bond donors (Lipinski definition) is 1. The molecule has 3 nitrogen and oxygen atoms in total. The van der Waals surface area contributed by atoms with Crippen molar-refractivity contribution in [1.82, 2.24) is 10.3 Å². The smallest absolute Gasteiger partial charge is 0.113 e. The lowest BCUT2D eigenvalue weighted by atomic mass is 10.0. The SMILES string of the molecule is CNCCc1nc2c(s1)CCc1occc1-2. The lowest BCUT2D eigenvalue weighted by molar-refractivity contribution is 0.508. The van der Waals surface area contributed by atoms with E-state index < -0.39 is 0 Å². The number of nitrogens with zero attached hydrogens (tertiary/aromatic N) is 1. The highest BCUT2D eigenvalue weighted by Gasteiger charge is 2.22. The van der Waals surface area contributed by atoms with Crippen molar-refractivity contribution in [2.24, 2.45) is 0 Å². The zero-order valence-corrected chi connectivity index (χ0v) is 10.1. The summed E-state index contributed by atoms with van der Waals surface area (Å²) in [6, 6.07) is 2.04. The summed E-state index contributed by atoms with van der Waals surface area (Å²) in [4.78, 5) is 6.14. The molecule has 3 rings (SSSR count). The predicted molar refractivity (Wildman–Crippen MR) is 64.9 cm³/mol. The van der Waals surface area contributed by atoms with Crippen LogP contribution in [0.15, 0.2) is 16.7 Å². The summed E-state index contributed by atoms with van der Waals surface area (Å²) < 4.78 is 5.46. The summed E-state index contributed by atoms with van der Waals surface area (Å²) in [6.45, 7) is 0.991. The van der Waals surface area contributed by atoms with Crippen LogP contribution in [0.2, 0.25) is 0 Å². The van der Waals surface area contributed by atoms with Crippen LogP contribution in [-0.2, 0) is 19.3 Å². The first-order valence-electron chi connectivity index (χ1n) is 5.58. The van der Waals surface area contributed by atoms with E-state index in [1.807, 2.05) is 24.5 Å². The fraction of sp³-hybridized carbons (Fsp3) is 0.417. The van der Waals surface area contributed by atoms with Crippen molar-refractivity contribution in [3.63, 3.8) is 0 Å². The molecule has 0 bridgehead atoms. The Balaban J connectivity index is 1.96. The molecule has 0 unspecified atom stereocenters. The second kappa shape index (κ2) is 4.03. The van der Waals surface area contributed by atoms with Gasteiger partial charge in [-0.15, -0.1) is 11.3 Å². The third kappa shape index (κ3) is 1.58. The first kappa shape index (κ1) is 10.1. The third-order valence-corrected chi connectivity index (χ3v) is 4.09. The number of nitrogens with one attached hydrogen (secondary N) is 1. The lowest BCUT2D eigenvalue weighted by Crippen LogP contribution is -2.09. The molecule has 84 valence electrons.